The fourth-order valence-corrected chi connectivity index (χ4v) is 0.814. The Morgan fingerprint density at radius 2 is 1.56 bits per heavy atom. The summed E-state index contributed by atoms with van der Waals surface area (Å²) in [6.45, 7) is 0. The largest absolute Gasteiger partial charge is 1.00 e. The predicted octanol–water partition coefficient (Wildman–Crippen LogP) is -4.82. The molecule has 0 saturated carbocycles. The van der Waals surface area contributed by atoms with Gasteiger partial charge < -0.3 is 29.5 Å². The first-order valence-corrected chi connectivity index (χ1v) is 2.73. The molecule has 0 bridgehead atoms. The van der Waals surface area contributed by atoms with E-state index in [1.54, 1.807) is 0 Å². The minimum absolute atomic E-state index is 0. The van der Waals surface area contributed by atoms with E-state index in [2.05, 4.69) is 12.8 Å². The molecule has 1 aliphatic heterocycles. The molecule has 1 saturated heterocycles. The second kappa shape index (κ2) is 3.20. The van der Waals surface area contributed by atoms with Crippen LogP contribution in [-0.2, 0) is 22.4 Å². The van der Waals surface area contributed by atoms with Crippen molar-refractivity contribution in [2.45, 2.75) is 12.8 Å². The highest BCUT2D eigenvalue weighted by Crippen LogP contribution is 1.90. The van der Waals surface area contributed by atoms with Crippen molar-refractivity contribution in [1.29, 1.82) is 0 Å². The lowest BCUT2D eigenvalue weighted by Crippen LogP contribution is -3.10. The smallest absolute Gasteiger partial charge is 0.302 e. The van der Waals surface area contributed by atoms with Gasteiger partial charge in [0, 0.05) is 0 Å². The molecule has 3 nitrogen and oxygen atoms in total. The molecule has 1 aliphatic rings. The van der Waals surface area contributed by atoms with Crippen LogP contribution in [0.5, 0.6) is 0 Å². The third kappa shape index (κ3) is 1.67. The summed E-state index contributed by atoms with van der Waals surface area (Å²) in [5.74, 6) is -0.324. The molecule has 0 aliphatic carbocycles. The van der Waals surface area contributed by atoms with Crippen molar-refractivity contribution in [2.75, 3.05) is 0 Å². The zero-order valence-electron chi connectivity index (χ0n) is 4.52. The van der Waals surface area contributed by atoms with Crippen molar-refractivity contribution in [3.63, 3.8) is 0 Å². The number of hydrogen-bond acceptors (Lipinski definition) is 3. The molecule has 1 fully saturated rings. The number of carbonyl (C=O) groups excluding carboxylic acids is 2. The average molecular weight is 167 g/mol. The normalized spacial score (nSPS) is 20.1. The van der Waals surface area contributed by atoms with E-state index in [-0.39, 0.29) is 28.5 Å². The molecule has 1 rings (SSSR count). The quantitative estimate of drug-likeness (QED) is 0.290. The van der Waals surface area contributed by atoms with E-state index >= 15 is 0 Å². The van der Waals surface area contributed by atoms with E-state index in [4.69, 9.17) is 0 Å². The van der Waals surface area contributed by atoms with E-state index in [0.717, 1.165) is 0 Å². The first-order valence-electron chi connectivity index (χ1n) is 2.32. The maximum atomic E-state index is 10.4. The van der Waals surface area contributed by atoms with Gasteiger partial charge in [-0.05, 0) is 0 Å². The lowest BCUT2D eigenvalue weighted by Gasteiger charge is -2.07. The molecule has 2 amide bonds. The molecule has 1 heterocycles. The van der Waals surface area contributed by atoms with E-state index in [9.17, 15) is 9.59 Å². The van der Waals surface area contributed by atoms with Gasteiger partial charge in [0.05, 0.1) is 12.8 Å². The minimum atomic E-state index is -0.162. The number of halogens is 1. The summed E-state index contributed by atoms with van der Waals surface area (Å²) >= 11 is 4.47. The van der Waals surface area contributed by atoms with Crippen LogP contribution in [0.1, 0.15) is 12.8 Å². The van der Waals surface area contributed by atoms with Gasteiger partial charge in [-0.2, -0.15) is 0 Å². The molecule has 0 spiro atoms. The fourth-order valence-electron chi connectivity index (χ4n) is 0.610. The van der Waals surface area contributed by atoms with Gasteiger partial charge in [0.1, 0.15) is 0 Å². The highest BCUT2D eigenvalue weighted by atomic mass is 35.5. The Morgan fingerprint density at radius 3 is 1.67 bits per heavy atom. The molecule has 0 atom stereocenters. The summed E-state index contributed by atoms with van der Waals surface area (Å²) in [6.07, 6.45) is 0.662. The molecule has 5 heteroatoms. The van der Waals surface area contributed by atoms with Crippen LogP contribution in [0.15, 0.2) is 0 Å². The van der Waals surface area contributed by atoms with Crippen LogP contribution in [0.4, 0.5) is 0 Å². The van der Waals surface area contributed by atoms with Crippen molar-refractivity contribution in [3.8, 4) is 0 Å². The second-order valence-corrected chi connectivity index (χ2v) is 2.08. The van der Waals surface area contributed by atoms with Crippen LogP contribution in [0.3, 0.4) is 0 Å². The van der Waals surface area contributed by atoms with E-state index in [1.807, 2.05) is 0 Å². The molecule has 0 aromatic heterocycles. The molecule has 52 valence electrons. The Kier molecular flexibility index (Phi) is 3.17. The Bertz CT molecular complexity index is 134. The number of nitrogens with one attached hydrogen (secondary N) is 1. The van der Waals surface area contributed by atoms with Crippen LogP contribution in [0.25, 0.3) is 0 Å². The average Bonchev–Trinajstić information content (AvgIpc) is 1.98. The maximum absolute atomic E-state index is 10.4. The highest BCUT2D eigenvalue weighted by Gasteiger charge is 2.26. The predicted molar refractivity (Wildman–Crippen MR) is 27.6 cm³/mol. The number of carbonyl (C=O) groups is 2. The van der Waals surface area contributed by atoms with Gasteiger partial charge in [-0.1, -0.05) is 0 Å². The molecule has 0 aromatic rings. The number of imide groups is 1. The minimum Gasteiger partial charge on any atom is -1.00 e. The van der Waals surface area contributed by atoms with Gasteiger partial charge in [0.25, 0.3) is 0 Å². The number of amides is 2. The summed E-state index contributed by atoms with van der Waals surface area (Å²) in [5.41, 5.74) is 0. The molecular weight excluding hydrogens is 162 g/mol. The SMILES string of the molecule is O=C1CCC(=O)[NH+]1[S-].[Cl-]. The van der Waals surface area contributed by atoms with Crippen LogP contribution >= 0.6 is 0 Å². The summed E-state index contributed by atoms with van der Waals surface area (Å²) in [6, 6.07) is 0. The van der Waals surface area contributed by atoms with Crippen molar-refractivity contribution >= 4 is 24.6 Å². The summed E-state index contributed by atoms with van der Waals surface area (Å²) in [4.78, 5) is 20.8. The molecule has 0 unspecified atom stereocenters. The molecular formula is C4H5ClNO2S-. The van der Waals surface area contributed by atoms with Crippen LogP contribution in [-0.4, -0.2) is 11.8 Å². The number of rotatable bonds is 0. The highest BCUT2D eigenvalue weighted by molar-refractivity contribution is 7.52. The van der Waals surface area contributed by atoms with Crippen molar-refractivity contribution in [3.05, 3.63) is 0 Å². The molecule has 0 aromatic carbocycles. The second-order valence-electron chi connectivity index (χ2n) is 1.68. The first kappa shape index (κ1) is 8.94. The summed E-state index contributed by atoms with van der Waals surface area (Å²) in [7, 11) is 0. The summed E-state index contributed by atoms with van der Waals surface area (Å²) in [5, 5.41) is 0. The topological polar surface area (TPSA) is 38.6 Å². The molecule has 0 radical (unpaired) electrons. The van der Waals surface area contributed by atoms with Crippen molar-refractivity contribution in [1.82, 2.24) is 0 Å². The van der Waals surface area contributed by atoms with Gasteiger partial charge >= 0.3 is 11.8 Å². The zero-order chi connectivity index (χ0) is 6.15. The van der Waals surface area contributed by atoms with Gasteiger partial charge in [0.15, 0.2) is 0 Å². The monoisotopic (exact) mass is 166 g/mol. The lowest BCUT2D eigenvalue weighted by molar-refractivity contribution is -0.573. The van der Waals surface area contributed by atoms with E-state index in [0.29, 0.717) is 12.8 Å². The van der Waals surface area contributed by atoms with Crippen molar-refractivity contribution < 1.29 is 26.3 Å². The van der Waals surface area contributed by atoms with Gasteiger partial charge in [-0.15, -0.1) is 0 Å². The maximum Gasteiger partial charge on any atom is 0.302 e. The number of quaternary nitrogens is 1. The van der Waals surface area contributed by atoms with Gasteiger partial charge in [-0.25, -0.2) is 9.59 Å². The van der Waals surface area contributed by atoms with Crippen LogP contribution < -0.4 is 16.7 Å². The molecule has 1 N–H and O–H groups in total. The lowest BCUT2D eigenvalue weighted by atomic mass is 10.4. The Balaban J connectivity index is 0.000000640. The van der Waals surface area contributed by atoms with Crippen LogP contribution in [0.2, 0.25) is 0 Å². The van der Waals surface area contributed by atoms with E-state index in [1.165, 1.54) is 0 Å². The first-order chi connectivity index (χ1) is 3.72. The standard InChI is InChI=1S/C4H5NO2S.ClH/c6-3-1-2-4(7)5(3)8;/h5H,1-2H2;1H/p-1. The summed E-state index contributed by atoms with van der Waals surface area (Å²) < 4.78 is 0.0185. The van der Waals surface area contributed by atoms with Gasteiger partial charge in [0.2, 0.25) is 0 Å². The Morgan fingerprint density at radius 1 is 1.22 bits per heavy atom. The Labute approximate surface area is 64.4 Å². The van der Waals surface area contributed by atoms with Crippen LogP contribution in [0, 0.1) is 0 Å². The van der Waals surface area contributed by atoms with Gasteiger partial charge in [-0.3, -0.25) is 0 Å². The third-order valence-electron chi connectivity index (χ3n) is 1.09. The molecule has 9 heavy (non-hydrogen) atoms. The number of hydrogen-bond donors (Lipinski definition) is 1. The third-order valence-corrected chi connectivity index (χ3v) is 1.54. The van der Waals surface area contributed by atoms with Crippen molar-refractivity contribution in [2.24, 2.45) is 0 Å². The zero-order valence-corrected chi connectivity index (χ0v) is 6.09. The Hall–Kier alpha value is -0.0600. The van der Waals surface area contributed by atoms with E-state index < -0.39 is 0 Å². The fraction of sp³-hybridized carbons (Fsp3) is 0.500.